The lowest BCUT2D eigenvalue weighted by Gasteiger charge is -2.21. The summed E-state index contributed by atoms with van der Waals surface area (Å²) < 4.78 is 55.8. The predicted molar refractivity (Wildman–Crippen MR) is 107 cm³/mol. The molecule has 0 amide bonds. The molecular weight excluding hydrogens is 412 g/mol. The fourth-order valence-corrected chi connectivity index (χ4v) is 2.94. The van der Waals surface area contributed by atoms with Gasteiger partial charge in [-0.1, -0.05) is 16.9 Å². The van der Waals surface area contributed by atoms with Crippen molar-refractivity contribution in [1.82, 2.24) is 25.0 Å². The molecule has 0 aliphatic heterocycles. The summed E-state index contributed by atoms with van der Waals surface area (Å²) >= 11 is 0. The van der Waals surface area contributed by atoms with Crippen LogP contribution in [0.25, 0.3) is 16.7 Å². The van der Waals surface area contributed by atoms with E-state index < -0.39 is 23.5 Å². The molecule has 2 aromatic carbocycles. The van der Waals surface area contributed by atoms with Gasteiger partial charge >= 0.3 is 0 Å². The maximum Gasteiger partial charge on any atom is 0.275 e. The van der Waals surface area contributed by atoms with Gasteiger partial charge in [0.2, 0.25) is 0 Å². The molecule has 4 rings (SSSR count). The number of nitrogens with zero attached hydrogens (tertiary/aromatic N) is 6. The molecule has 0 bridgehead atoms. The van der Waals surface area contributed by atoms with Crippen LogP contribution in [0.15, 0.2) is 36.4 Å². The number of halogens is 4. The Bertz CT molecular complexity index is 1350. The average Bonchev–Trinajstić information content (AvgIpc) is 3.19. The van der Waals surface area contributed by atoms with E-state index in [1.165, 1.54) is 53.6 Å². The molecule has 0 atom stereocenters. The normalized spacial score (nSPS) is 11.7. The molecule has 0 spiro atoms. The van der Waals surface area contributed by atoms with E-state index in [9.17, 15) is 17.6 Å². The second-order valence-corrected chi connectivity index (χ2v) is 7.52. The van der Waals surface area contributed by atoms with Gasteiger partial charge in [0.05, 0.1) is 10.9 Å². The first-order valence-electron chi connectivity index (χ1n) is 9.19. The summed E-state index contributed by atoms with van der Waals surface area (Å²) in [7, 11) is 1.61. The fraction of sp³-hybridized carbons (Fsp3) is 0.238. The minimum absolute atomic E-state index is 0.177. The van der Waals surface area contributed by atoms with E-state index in [2.05, 4.69) is 32.4 Å². The summed E-state index contributed by atoms with van der Waals surface area (Å²) in [6.45, 7) is 2.62. The van der Waals surface area contributed by atoms with Crippen molar-refractivity contribution in [3.8, 4) is 11.8 Å². The maximum atomic E-state index is 14.3. The van der Waals surface area contributed by atoms with E-state index in [-0.39, 0.29) is 17.2 Å². The van der Waals surface area contributed by atoms with Crippen LogP contribution in [0.2, 0.25) is 0 Å². The monoisotopic (exact) mass is 428 g/mol. The van der Waals surface area contributed by atoms with Gasteiger partial charge in [0, 0.05) is 23.7 Å². The lowest BCUT2D eigenvalue weighted by Crippen LogP contribution is -2.19. The summed E-state index contributed by atoms with van der Waals surface area (Å²) in [6.07, 6.45) is -2.65. The topological polar surface area (TPSA) is 59.2 Å². The van der Waals surface area contributed by atoms with Gasteiger partial charge in [0.1, 0.15) is 17.5 Å². The predicted octanol–water partition coefficient (Wildman–Crippen LogP) is 4.36. The molecule has 0 saturated heterocycles. The summed E-state index contributed by atoms with van der Waals surface area (Å²) in [4.78, 5) is 5.91. The molecule has 0 N–H and O–H groups in total. The molecular formula is C21H16F4N6. The van der Waals surface area contributed by atoms with Gasteiger partial charge in [-0.25, -0.2) is 17.6 Å². The van der Waals surface area contributed by atoms with Crippen LogP contribution in [0.1, 0.15) is 19.4 Å². The number of hydrogen-bond donors (Lipinski definition) is 0. The van der Waals surface area contributed by atoms with E-state index in [4.69, 9.17) is 0 Å². The van der Waals surface area contributed by atoms with Crippen LogP contribution < -0.4 is 4.90 Å². The van der Waals surface area contributed by atoms with Crippen molar-refractivity contribution in [3.63, 3.8) is 0 Å². The molecule has 0 aliphatic carbocycles. The first-order chi connectivity index (χ1) is 14.7. The summed E-state index contributed by atoms with van der Waals surface area (Å²) in [5.41, 5.74) is -0.474. The third kappa shape index (κ3) is 3.86. The van der Waals surface area contributed by atoms with Crippen LogP contribution in [-0.2, 0) is 0 Å². The lowest BCUT2D eigenvalue weighted by atomic mass is 9.95. The first-order valence-corrected chi connectivity index (χ1v) is 9.19. The summed E-state index contributed by atoms with van der Waals surface area (Å²) in [6, 6.07) is 8.00. The van der Waals surface area contributed by atoms with Gasteiger partial charge in [0.15, 0.2) is 0 Å². The van der Waals surface area contributed by atoms with Crippen molar-refractivity contribution in [2.24, 2.45) is 5.41 Å². The second kappa shape index (κ2) is 7.50. The first kappa shape index (κ1) is 20.5. The SMILES string of the molecule is CN(c1cc(F)cc(C#CC(C)(C)C(F)F)c1)c1nc2nnnn2c2ccc(F)cc12. The Kier molecular flexibility index (Phi) is 4.97. The van der Waals surface area contributed by atoms with Crippen molar-refractivity contribution in [3.05, 3.63) is 53.6 Å². The molecule has 31 heavy (non-hydrogen) atoms. The largest absolute Gasteiger partial charge is 0.329 e. The zero-order chi connectivity index (χ0) is 22.3. The van der Waals surface area contributed by atoms with Crippen LogP contribution in [0.5, 0.6) is 0 Å². The third-order valence-electron chi connectivity index (χ3n) is 4.75. The Morgan fingerprint density at radius 3 is 2.58 bits per heavy atom. The molecule has 10 heteroatoms. The average molecular weight is 428 g/mol. The van der Waals surface area contributed by atoms with Crippen LogP contribution in [0.4, 0.5) is 29.1 Å². The molecule has 0 aliphatic rings. The molecule has 2 heterocycles. The Hall–Kier alpha value is -3.74. The maximum absolute atomic E-state index is 14.3. The van der Waals surface area contributed by atoms with Crippen molar-refractivity contribution in [2.45, 2.75) is 20.3 Å². The fourth-order valence-electron chi connectivity index (χ4n) is 2.94. The lowest BCUT2D eigenvalue weighted by molar-refractivity contribution is 0.0570. The van der Waals surface area contributed by atoms with Crippen molar-refractivity contribution < 1.29 is 17.6 Å². The minimum Gasteiger partial charge on any atom is -0.329 e. The molecule has 0 unspecified atom stereocenters. The van der Waals surface area contributed by atoms with Gasteiger partial charge in [0.25, 0.3) is 12.2 Å². The molecule has 158 valence electrons. The number of hydrogen-bond acceptors (Lipinski definition) is 5. The van der Waals surface area contributed by atoms with Gasteiger partial charge in [-0.3, -0.25) is 0 Å². The molecule has 0 fully saturated rings. The minimum atomic E-state index is -2.65. The van der Waals surface area contributed by atoms with Gasteiger partial charge < -0.3 is 4.90 Å². The third-order valence-corrected chi connectivity index (χ3v) is 4.75. The molecule has 6 nitrogen and oxygen atoms in total. The van der Waals surface area contributed by atoms with Crippen molar-refractivity contribution >= 4 is 28.2 Å². The highest BCUT2D eigenvalue weighted by Crippen LogP contribution is 2.31. The van der Waals surface area contributed by atoms with Crippen LogP contribution in [0.3, 0.4) is 0 Å². The molecule has 0 saturated carbocycles. The highest BCUT2D eigenvalue weighted by Gasteiger charge is 2.27. The summed E-state index contributed by atoms with van der Waals surface area (Å²) in [5, 5.41) is 11.7. The number of tetrazole rings is 1. The van der Waals surface area contributed by atoms with Crippen LogP contribution in [0, 0.1) is 28.9 Å². The number of aromatic nitrogens is 5. The van der Waals surface area contributed by atoms with Crippen molar-refractivity contribution in [2.75, 3.05) is 11.9 Å². The highest BCUT2D eigenvalue weighted by atomic mass is 19.3. The van der Waals surface area contributed by atoms with Crippen LogP contribution in [-0.4, -0.2) is 38.5 Å². The number of benzene rings is 2. The number of anilines is 2. The standard InChI is InChI=1S/C21H16F4N6/c1-21(2,19(24)25)7-6-12-8-14(23)10-15(9-12)30(3)18-16-11-13(22)4-5-17(16)31-20(26-18)27-28-29-31/h4-5,8-11,19H,1-3H3. The van der Waals surface area contributed by atoms with E-state index in [0.29, 0.717) is 16.6 Å². The number of alkyl halides is 2. The van der Waals surface area contributed by atoms with Gasteiger partial charge in [-0.15, -0.1) is 0 Å². The molecule has 4 aromatic rings. The summed E-state index contributed by atoms with van der Waals surface area (Å²) in [5.74, 6) is 4.46. The Balaban J connectivity index is 1.84. The van der Waals surface area contributed by atoms with Crippen molar-refractivity contribution in [1.29, 1.82) is 0 Å². The van der Waals surface area contributed by atoms with E-state index >= 15 is 0 Å². The molecule has 2 aromatic heterocycles. The number of fused-ring (bicyclic) bond motifs is 3. The quantitative estimate of drug-likeness (QED) is 0.359. The zero-order valence-corrected chi connectivity index (χ0v) is 16.7. The van der Waals surface area contributed by atoms with E-state index in [1.54, 1.807) is 7.05 Å². The van der Waals surface area contributed by atoms with E-state index in [1.807, 2.05) is 0 Å². The Morgan fingerprint density at radius 2 is 1.84 bits per heavy atom. The van der Waals surface area contributed by atoms with E-state index in [0.717, 1.165) is 6.07 Å². The van der Waals surface area contributed by atoms with Gasteiger partial charge in [-0.05, 0) is 60.7 Å². The molecule has 0 radical (unpaired) electrons. The highest BCUT2D eigenvalue weighted by molar-refractivity contribution is 5.93. The van der Waals surface area contributed by atoms with Crippen LogP contribution >= 0.6 is 0 Å². The number of rotatable bonds is 3. The van der Waals surface area contributed by atoms with Gasteiger partial charge in [-0.2, -0.15) is 9.50 Å². The smallest absolute Gasteiger partial charge is 0.275 e. The Morgan fingerprint density at radius 1 is 1.06 bits per heavy atom. The second-order valence-electron chi connectivity index (χ2n) is 7.52. The Labute approximate surface area is 174 Å². The zero-order valence-electron chi connectivity index (χ0n) is 16.7.